The SMILES string of the molecule is Cl.NNc1cccc(-c2ccccc2Cl)c1. The third-order valence-corrected chi connectivity index (χ3v) is 2.54. The number of nitrogen functional groups attached to an aromatic ring is 1. The van der Waals surface area contributed by atoms with Crippen LogP contribution in [0.4, 0.5) is 5.69 Å². The molecule has 0 saturated heterocycles. The van der Waals surface area contributed by atoms with Crippen LogP contribution in [-0.2, 0) is 0 Å². The molecule has 2 nitrogen and oxygen atoms in total. The topological polar surface area (TPSA) is 38.0 Å². The highest BCUT2D eigenvalue weighted by Gasteiger charge is 2.02. The van der Waals surface area contributed by atoms with Crippen molar-refractivity contribution in [3.05, 3.63) is 53.6 Å². The van der Waals surface area contributed by atoms with Crippen molar-refractivity contribution in [1.29, 1.82) is 0 Å². The summed E-state index contributed by atoms with van der Waals surface area (Å²) in [5, 5.41) is 0.742. The van der Waals surface area contributed by atoms with E-state index in [1.54, 1.807) is 0 Å². The van der Waals surface area contributed by atoms with Crippen LogP contribution in [0.15, 0.2) is 48.5 Å². The zero-order valence-electron chi connectivity index (χ0n) is 8.48. The van der Waals surface area contributed by atoms with Crippen molar-refractivity contribution < 1.29 is 0 Å². The molecule has 16 heavy (non-hydrogen) atoms. The lowest BCUT2D eigenvalue weighted by atomic mass is 10.1. The minimum atomic E-state index is 0. The first-order valence-corrected chi connectivity index (χ1v) is 5.00. The first-order valence-electron chi connectivity index (χ1n) is 4.63. The second-order valence-electron chi connectivity index (χ2n) is 3.20. The molecule has 2 aromatic carbocycles. The summed E-state index contributed by atoms with van der Waals surface area (Å²) < 4.78 is 0. The maximum absolute atomic E-state index is 6.10. The molecule has 2 aromatic rings. The molecule has 0 spiro atoms. The van der Waals surface area contributed by atoms with E-state index in [4.69, 9.17) is 17.4 Å². The van der Waals surface area contributed by atoms with Crippen molar-refractivity contribution in [3.63, 3.8) is 0 Å². The zero-order valence-corrected chi connectivity index (χ0v) is 10.1. The maximum atomic E-state index is 6.10. The van der Waals surface area contributed by atoms with Gasteiger partial charge in [0.1, 0.15) is 0 Å². The van der Waals surface area contributed by atoms with E-state index in [9.17, 15) is 0 Å². The number of rotatable bonds is 2. The third-order valence-electron chi connectivity index (χ3n) is 2.21. The van der Waals surface area contributed by atoms with E-state index in [1.807, 2.05) is 48.5 Å². The molecule has 84 valence electrons. The Labute approximate surface area is 106 Å². The quantitative estimate of drug-likeness (QED) is 0.634. The van der Waals surface area contributed by atoms with Gasteiger partial charge in [-0.2, -0.15) is 0 Å². The summed E-state index contributed by atoms with van der Waals surface area (Å²) in [7, 11) is 0. The van der Waals surface area contributed by atoms with Gasteiger partial charge in [-0.25, -0.2) is 0 Å². The molecule has 0 aliphatic rings. The van der Waals surface area contributed by atoms with Crippen molar-refractivity contribution in [3.8, 4) is 11.1 Å². The van der Waals surface area contributed by atoms with Crippen LogP contribution in [0.2, 0.25) is 5.02 Å². The van der Waals surface area contributed by atoms with Crippen LogP contribution in [0.1, 0.15) is 0 Å². The van der Waals surface area contributed by atoms with Gasteiger partial charge in [0.05, 0.1) is 0 Å². The van der Waals surface area contributed by atoms with Gasteiger partial charge in [0.15, 0.2) is 0 Å². The molecule has 0 aliphatic carbocycles. The molecule has 2 rings (SSSR count). The largest absolute Gasteiger partial charge is 0.324 e. The van der Waals surface area contributed by atoms with E-state index < -0.39 is 0 Å². The Balaban J connectivity index is 0.00000128. The first kappa shape index (κ1) is 12.8. The number of anilines is 1. The number of benzene rings is 2. The molecule has 0 radical (unpaired) electrons. The van der Waals surface area contributed by atoms with E-state index in [2.05, 4.69) is 5.43 Å². The molecule has 0 aromatic heterocycles. The Morgan fingerprint density at radius 2 is 1.75 bits per heavy atom. The Morgan fingerprint density at radius 1 is 1.00 bits per heavy atom. The minimum absolute atomic E-state index is 0. The van der Waals surface area contributed by atoms with Crippen LogP contribution < -0.4 is 11.3 Å². The number of hydrogen-bond acceptors (Lipinski definition) is 2. The lowest BCUT2D eigenvalue weighted by Crippen LogP contribution is -2.06. The summed E-state index contributed by atoms with van der Waals surface area (Å²) in [5.41, 5.74) is 5.54. The zero-order chi connectivity index (χ0) is 10.7. The second-order valence-corrected chi connectivity index (χ2v) is 3.61. The molecule has 0 heterocycles. The van der Waals surface area contributed by atoms with E-state index in [-0.39, 0.29) is 12.4 Å². The summed E-state index contributed by atoms with van der Waals surface area (Å²) in [5.74, 6) is 5.35. The van der Waals surface area contributed by atoms with E-state index in [0.29, 0.717) is 0 Å². The first-order chi connectivity index (χ1) is 7.31. The normalized spacial score (nSPS) is 9.38. The van der Waals surface area contributed by atoms with Crippen LogP contribution in [0.5, 0.6) is 0 Å². The van der Waals surface area contributed by atoms with Gasteiger partial charge in [0.25, 0.3) is 0 Å². The average Bonchev–Trinajstić information content (AvgIpc) is 2.30. The van der Waals surface area contributed by atoms with E-state index in [1.165, 1.54) is 0 Å². The summed E-state index contributed by atoms with van der Waals surface area (Å²) in [6.07, 6.45) is 0. The van der Waals surface area contributed by atoms with Gasteiger partial charge < -0.3 is 5.43 Å². The fourth-order valence-corrected chi connectivity index (χ4v) is 1.72. The van der Waals surface area contributed by atoms with Crippen LogP contribution >= 0.6 is 24.0 Å². The molecule has 3 N–H and O–H groups in total. The molecule has 4 heteroatoms. The minimum Gasteiger partial charge on any atom is -0.324 e. The fraction of sp³-hybridized carbons (Fsp3) is 0. The van der Waals surface area contributed by atoms with Gasteiger partial charge in [-0.3, -0.25) is 5.84 Å². The van der Waals surface area contributed by atoms with Gasteiger partial charge in [-0.1, -0.05) is 41.9 Å². The van der Waals surface area contributed by atoms with Crippen molar-refractivity contribution in [2.45, 2.75) is 0 Å². The van der Waals surface area contributed by atoms with Crippen LogP contribution in [-0.4, -0.2) is 0 Å². The second kappa shape index (κ2) is 5.75. The van der Waals surface area contributed by atoms with E-state index >= 15 is 0 Å². The molecule has 0 aliphatic heterocycles. The van der Waals surface area contributed by atoms with Crippen LogP contribution in [0.25, 0.3) is 11.1 Å². The molecule has 0 unspecified atom stereocenters. The predicted octanol–water partition coefficient (Wildman–Crippen LogP) is 3.71. The lowest BCUT2D eigenvalue weighted by molar-refractivity contribution is 1.35. The Hall–Kier alpha value is -1.22. The summed E-state index contributed by atoms with van der Waals surface area (Å²) in [6.45, 7) is 0. The number of halogens is 2. The molecule has 0 saturated carbocycles. The van der Waals surface area contributed by atoms with Crippen molar-refractivity contribution in [2.24, 2.45) is 5.84 Å². The van der Waals surface area contributed by atoms with Gasteiger partial charge in [0, 0.05) is 16.3 Å². The molecule has 0 atom stereocenters. The molecule has 0 bridgehead atoms. The lowest BCUT2D eigenvalue weighted by Gasteiger charge is -2.06. The number of nitrogens with one attached hydrogen (secondary N) is 1. The molecular formula is C12H12Cl2N2. The number of hydrazine groups is 1. The summed E-state index contributed by atoms with van der Waals surface area (Å²) >= 11 is 6.10. The van der Waals surface area contributed by atoms with Crippen molar-refractivity contribution >= 4 is 29.7 Å². The Bertz CT molecular complexity index is 472. The monoisotopic (exact) mass is 254 g/mol. The smallest absolute Gasteiger partial charge is 0.0491 e. The molecule has 0 amide bonds. The molecule has 0 fully saturated rings. The highest BCUT2D eigenvalue weighted by molar-refractivity contribution is 6.33. The number of nitrogens with two attached hydrogens (primary N) is 1. The maximum Gasteiger partial charge on any atom is 0.0491 e. The predicted molar refractivity (Wildman–Crippen MR) is 71.9 cm³/mol. The fourth-order valence-electron chi connectivity index (χ4n) is 1.47. The Kier molecular flexibility index (Phi) is 4.62. The standard InChI is InChI=1S/C12H11ClN2.ClH/c13-12-7-2-1-6-11(12)9-4-3-5-10(8-9)15-14;/h1-8,15H,14H2;1H. The third kappa shape index (κ3) is 2.67. The van der Waals surface area contributed by atoms with Crippen molar-refractivity contribution in [1.82, 2.24) is 0 Å². The Morgan fingerprint density at radius 3 is 2.44 bits per heavy atom. The highest BCUT2D eigenvalue weighted by atomic mass is 35.5. The average molecular weight is 255 g/mol. The van der Waals surface area contributed by atoms with Crippen LogP contribution in [0.3, 0.4) is 0 Å². The van der Waals surface area contributed by atoms with Gasteiger partial charge in [0.2, 0.25) is 0 Å². The summed E-state index contributed by atoms with van der Waals surface area (Å²) in [6, 6.07) is 15.5. The van der Waals surface area contributed by atoms with Gasteiger partial charge in [-0.15, -0.1) is 12.4 Å². The summed E-state index contributed by atoms with van der Waals surface area (Å²) in [4.78, 5) is 0. The van der Waals surface area contributed by atoms with Crippen molar-refractivity contribution in [2.75, 3.05) is 5.43 Å². The van der Waals surface area contributed by atoms with Gasteiger partial charge >= 0.3 is 0 Å². The van der Waals surface area contributed by atoms with Crippen LogP contribution in [0, 0.1) is 0 Å². The number of hydrogen-bond donors (Lipinski definition) is 2. The van der Waals surface area contributed by atoms with E-state index in [0.717, 1.165) is 21.8 Å². The van der Waals surface area contributed by atoms with Gasteiger partial charge in [-0.05, 0) is 23.8 Å². The highest BCUT2D eigenvalue weighted by Crippen LogP contribution is 2.28. The molecular weight excluding hydrogens is 243 g/mol.